The summed E-state index contributed by atoms with van der Waals surface area (Å²) in [6.45, 7) is 1.59. The van der Waals surface area contributed by atoms with Crippen LogP contribution in [0.2, 0.25) is 0 Å². The first kappa shape index (κ1) is 7.83. The fraction of sp³-hybridized carbons (Fsp3) is 0.556. The standard InChI is InChI=1S/C9H13NO2/c1-10-5-4-9(11,7-10)8-3-2-6-12-8/h2-3,6,11H,4-5,7H2,1H3. The second-order valence-corrected chi connectivity index (χ2v) is 3.50. The van der Waals surface area contributed by atoms with Gasteiger partial charge in [-0.1, -0.05) is 0 Å². The molecule has 12 heavy (non-hydrogen) atoms. The third-order valence-corrected chi connectivity index (χ3v) is 2.42. The molecule has 1 unspecified atom stereocenters. The minimum absolute atomic E-state index is 0.667. The maximum atomic E-state index is 10.1. The van der Waals surface area contributed by atoms with Crippen LogP contribution in [0.4, 0.5) is 0 Å². The first-order chi connectivity index (χ1) is 5.71. The van der Waals surface area contributed by atoms with Crippen molar-refractivity contribution in [2.24, 2.45) is 0 Å². The van der Waals surface area contributed by atoms with Crippen molar-refractivity contribution in [1.82, 2.24) is 4.90 Å². The Labute approximate surface area is 71.6 Å². The average Bonchev–Trinajstić information content (AvgIpc) is 2.59. The summed E-state index contributed by atoms with van der Waals surface area (Å²) in [7, 11) is 2.00. The number of likely N-dealkylation sites (tertiary alicyclic amines) is 1. The van der Waals surface area contributed by atoms with E-state index in [0.717, 1.165) is 13.0 Å². The van der Waals surface area contributed by atoms with Gasteiger partial charge in [-0.3, -0.25) is 0 Å². The summed E-state index contributed by atoms with van der Waals surface area (Å²) in [5, 5.41) is 10.1. The summed E-state index contributed by atoms with van der Waals surface area (Å²) in [6.07, 6.45) is 2.36. The third kappa shape index (κ3) is 1.15. The van der Waals surface area contributed by atoms with Crippen LogP contribution >= 0.6 is 0 Å². The van der Waals surface area contributed by atoms with Gasteiger partial charge in [0.2, 0.25) is 0 Å². The van der Waals surface area contributed by atoms with Crippen LogP contribution in [0.15, 0.2) is 22.8 Å². The number of aliphatic hydroxyl groups is 1. The number of nitrogens with zero attached hydrogens (tertiary/aromatic N) is 1. The highest BCUT2D eigenvalue weighted by atomic mass is 16.4. The molecule has 1 saturated heterocycles. The Morgan fingerprint density at radius 1 is 1.67 bits per heavy atom. The van der Waals surface area contributed by atoms with E-state index in [1.807, 2.05) is 19.2 Å². The fourth-order valence-electron chi connectivity index (χ4n) is 1.72. The van der Waals surface area contributed by atoms with Crippen LogP contribution in [0, 0.1) is 0 Å². The Hall–Kier alpha value is -0.800. The lowest BCUT2D eigenvalue weighted by atomic mass is 10.0. The van der Waals surface area contributed by atoms with Crippen molar-refractivity contribution in [3.05, 3.63) is 24.2 Å². The largest absolute Gasteiger partial charge is 0.466 e. The zero-order valence-electron chi connectivity index (χ0n) is 7.16. The Kier molecular flexibility index (Phi) is 1.70. The maximum absolute atomic E-state index is 10.1. The molecule has 3 nitrogen and oxygen atoms in total. The highest BCUT2D eigenvalue weighted by Gasteiger charge is 2.38. The number of furan rings is 1. The first-order valence-corrected chi connectivity index (χ1v) is 4.16. The van der Waals surface area contributed by atoms with Gasteiger partial charge in [-0.15, -0.1) is 0 Å². The Morgan fingerprint density at radius 3 is 3.00 bits per heavy atom. The summed E-state index contributed by atoms with van der Waals surface area (Å²) in [4.78, 5) is 2.10. The van der Waals surface area contributed by atoms with E-state index in [4.69, 9.17) is 4.42 Å². The summed E-state index contributed by atoms with van der Waals surface area (Å²) in [5.41, 5.74) is -0.752. The molecule has 2 heterocycles. The van der Waals surface area contributed by atoms with E-state index in [2.05, 4.69) is 4.90 Å². The molecule has 1 fully saturated rings. The van der Waals surface area contributed by atoms with Gasteiger partial charge in [-0.25, -0.2) is 0 Å². The van der Waals surface area contributed by atoms with Gasteiger partial charge < -0.3 is 14.4 Å². The molecule has 0 aliphatic carbocycles. The fourth-order valence-corrected chi connectivity index (χ4v) is 1.72. The number of hydrogen-bond donors (Lipinski definition) is 1. The van der Waals surface area contributed by atoms with E-state index in [-0.39, 0.29) is 0 Å². The van der Waals surface area contributed by atoms with E-state index in [1.54, 1.807) is 6.26 Å². The highest BCUT2D eigenvalue weighted by molar-refractivity contribution is 5.12. The predicted molar refractivity (Wildman–Crippen MR) is 44.7 cm³/mol. The van der Waals surface area contributed by atoms with E-state index < -0.39 is 5.60 Å². The summed E-state index contributed by atoms with van der Waals surface area (Å²) >= 11 is 0. The average molecular weight is 167 g/mol. The number of β-amino-alcohol motifs (C(OH)–C–C–N with tert-alkyl or cyclic N) is 1. The van der Waals surface area contributed by atoms with Gasteiger partial charge in [-0.05, 0) is 25.6 Å². The van der Waals surface area contributed by atoms with Crippen LogP contribution in [0.1, 0.15) is 12.2 Å². The molecule has 0 spiro atoms. The van der Waals surface area contributed by atoms with Gasteiger partial charge in [0.25, 0.3) is 0 Å². The molecule has 0 saturated carbocycles. The van der Waals surface area contributed by atoms with Crippen LogP contribution in [-0.2, 0) is 5.60 Å². The van der Waals surface area contributed by atoms with Crippen molar-refractivity contribution in [2.75, 3.05) is 20.1 Å². The van der Waals surface area contributed by atoms with Crippen molar-refractivity contribution in [2.45, 2.75) is 12.0 Å². The number of likely N-dealkylation sites (N-methyl/N-ethyl adjacent to an activating group) is 1. The van der Waals surface area contributed by atoms with Crippen LogP contribution in [-0.4, -0.2) is 30.1 Å². The molecule has 0 amide bonds. The molecule has 1 aromatic heterocycles. The van der Waals surface area contributed by atoms with Crippen LogP contribution in [0.3, 0.4) is 0 Å². The molecule has 1 N–H and O–H groups in total. The third-order valence-electron chi connectivity index (χ3n) is 2.42. The Morgan fingerprint density at radius 2 is 2.50 bits per heavy atom. The maximum Gasteiger partial charge on any atom is 0.136 e. The SMILES string of the molecule is CN1CCC(O)(c2ccco2)C1. The zero-order valence-corrected chi connectivity index (χ0v) is 7.16. The van der Waals surface area contributed by atoms with Crippen molar-refractivity contribution in [1.29, 1.82) is 0 Å². The predicted octanol–water partition coefficient (Wildman–Crippen LogP) is 0.803. The lowest BCUT2D eigenvalue weighted by molar-refractivity contribution is 0.0267. The molecule has 0 radical (unpaired) electrons. The van der Waals surface area contributed by atoms with E-state index in [0.29, 0.717) is 12.3 Å². The van der Waals surface area contributed by atoms with Crippen molar-refractivity contribution < 1.29 is 9.52 Å². The summed E-state index contributed by atoms with van der Waals surface area (Å²) in [5.74, 6) is 0.687. The van der Waals surface area contributed by atoms with E-state index in [9.17, 15) is 5.11 Å². The van der Waals surface area contributed by atoms with Crippen LogP contribution in [0.25, 0.3) is 0 Å². The molecular formula is C9H13NO2. The highest BCUT2D eigenvalue weighted by Crippen LogP contribution is 2.30. The summed E-state index contributed by atoms with van der Waals surface area (Å²) in [6, 6.07) is 3.64. The second kappa shape index (κ2) is 2.61. The Bertz CT molecular complexity index is 258. The molecule has 1 aliphatic heterocycles. The van der Waals surface area contributed by atoms with Gasteiger partial charge >= 0.3 is 0 Å². The molecule has 0 bridgehead atoms. The molecule has 3 heteroatoms. The van der Waals surface area contributed by atoms with Gasteiger partial charge in [0.05, 0.1) is 6.26 Å². The zero-order chi connectivity index (χ0) is 8.60. The minimum atomic E-state index is -0.752. The van der Waals surface area contributed by atoms with Crippen molar-refractivity contribution >= 4 is 0 Å². The summed E-state index contributed by atoms with van der Waals surface area (Å²) < 4.78 is 5.19. The van der Waals surface area contributed by atoms with E-state index >= 15 is 0 Å². The lowest BCUT2D eigenvalue weighted by Gasteiger charge is -2.18. The number of hydrogen-bond acceptors (Lipinski definition) is 3. The van der Waals surface area contributed by atoms with Crippen molar-refractivity contribution in [3.63, 3.8) is 0 Å². The molecule has 1 aliphatic rings. The normalized spacial score (nSPS) is 31.2. The van der Waals surface area contributed by atoms with Crippen LogP contribution < -0.4 is 0 Å². The van der Waals surface area contributed by atoms with Crippen LogP contribution in [0.5, 0.6) is 0 Å². The van der Waals surface area contributed by atoms with Gasteiger partial charge in [0, 0.05) is 13.1 Å². The smallest absolute Gasteiger partial charge is 0.136 e. The van der Waals surface area contributed by atoms with E-state index in [1.165, 1.54) is 0 Å². The van der Waals surface area contributed by atoms with Gasteiger partial charge in [0.1, 0.15) is 11.4 Å². The molecule has 2 rings (SSSR count). The quantitative estimate of drug-likeness (QED) is 0.672. The minimum Gasteiger partial charge on any atom is -0.466 e. The van der Waals surface area contributed by atoms with Gasteiger partial charge in [-0.2, -0.15) is 0 Å². The second-order valence-electron chi connectivity index (χ2n) is 3.50. The topological polar surface area (TPSA) is 36.6 Å². The molecule has 1 atom stereocenters. The number of rotatable bonds is 1. The molecule has 1 aromatic rings. The molecule has 66 valence electrons. The monoisotopic (exact) mass is 167 g/mol. The van der Waals surface area contributed by atoms with Crippen molar-refractivity contribution in [3.8, 4) is 0 Å². The Balaban J connectivity index is 2.23. The molecular weight excluding hydrogens is 154 g/mol. The molecule has 0 aromatic carbocycles. The first-order valence-electron chi connectivity index (χ1n) is 4.16. The lowest BCUT2D eigenvalue weighted by Crippen LogP contribution is -2.28. The van der Waals surface area contributed by atoms with Gasteiger partial charge in [0.15, 0.2) is 0 Å².